The molecule has 0 radical (unpaired) electrons. The van der Waals surface area contributed by atoms with Gasteiger partial charge >= 0.3 is 0 Å². The minimum atomic E-state index is -1.82. The molecule has 1 unspecified atom stereocenters. The zero-order valence-corrected chi connectivity index (χ0v) is 18.3. The maximum absolute atomic E-state index is 10.7. The summed E-state index contributed by atoms with van der Waals surface area (Å²) < 4.78 is 6.29. The van der Waals surface area contributed by atoms with Gasteiger partial charge in [0.25, 0.3) is 0 Å². The summed E-state index contributed by atoms with van der Waals surface area (Å²) in [5, 5.41) is 10.8. The van der Waals surface area contributed by atoms with Gasteiger partial charge in [-0.05, 0) is 62.5 Å². The van der Waals surface area contributed by atoms with E-state index in [0.29, 0.717) is 13.0 Å². The topological polar surface area (TPSA) is 29.5 Å². The van der Waals surface area contributed by atoms with Crippen molar-refractivity contribution in [3.63, 3.8) is 0 Å². The minimum Gasteiger partial charge on any atom is -0.413 e. The Labute approximate surface area is 151 Å². The number of aliphatic hydroxyl groups excluding tert-OH is 1. The van der Waals surface area contributed by atoms with E-state index in [1.807, 2.05) is 19.9 Å². The maximum Gasteiger partial charge on any atom is 0.192 e. The lowest BCUT2D eigenvalue weighted by Gasteiger charge is -2.36. The Hall–Kier alpha value is -0.903. The van der Waals surface area contributed by atoms with Crippen molar-refractivity contribution in [2.24, 2.45) is 0 Å². The minimum absolute atomic E-state index is 0.168. The average Bonchev–Trinajstić information content (AvgIpc) is 2.42. The van der Waals surface area contributed by atoms with Crippen LogP contribution < -0.4 is 0 Å². The molecule has 0 spiro atoms. The number of hydrogen-bond acceptors (Lipinski definition) is 2. The first kappa shape index (κ1) is 23.1. The van der Waals surface area contributed by atoms with Gasteiger partial charge in [-0.3, -0.25) is 0 Å². The molecule has 0 bridgehead atoms. The number of hydrogen-bond donors (Lipinski definition) is 1. The van der Waals surface area contributed by atoms with E-state index in [1.165, 1.54) is 5.57 Å². The quantitative estimate of drug-likeness (QED) is 0.419. The van der Waals surface area contributed by atoms with Crippen LogP contribution in [0.1, 0.15) is 54.9 Å². The smallest absolute Gasteiger partial charge is 0.192 e. The summed E-state index contributed by atoms with van der Waals surface area (Å²) in [7, 11) is -1.82. The fraction of sp³-hybridized carbons (Fsp3) is 0.619. The largest absolute Gasteiger partial charge is 0.413 e. The molecule has 0 aromatic carbocycles. The van der Waals surface area contributed by atoms with Crippen LogP contribution in [0.25, 0.3) is 0 Å². The first-order valence-electron chi connectivity index (χ1n) is 8.71. The van der Waals surface area contributed by atoms with Gasteiger partial charge in [0.15, 0.2) is 8.32 Å². The summed E-state index contributed by atoms with van der Waals surface area (Å²) in [5.74, 6) is 0. The first-order chi connectivity index (χ1) is 10.7. The van der Waals surface area contributed by atoms with Gasteiger partial charge in [0.1, 0.15) is 0 Å². The summed E-state index contributed by atoms with van der Waals surface area (Å²) in [6, 6.07) is 0. The van der Waals surface area contributed by atoms with Crippen LogP contribution in [0.4, 0.5) is 0 Å². The number of aliphatic hydroxyl groups is 1. The predicted octanol–water partition coefficient (Wildman–Crippen LogP) is 6.17. The average molecular weight is 351 g/mol. The molecule has 138 valence electrons. The highest BCUT2D eigenvalue weighted by atomic mass is 28.4. The predicted molar refractivity (Wildman–Crippen MR) is 110 cm³/mol. The highest BCUT2D eigenvalue weighted by Gasteiger charge is 2.37. The third kappa shape index (κ3) is 6.54. The second kappa shape index (κ2) is 8.98. The summed E-state index contributed by atoms with van der Waals surface area (Å²) >= 11 is 0. The number of rotatable bonds is 8. The summed E-state index contributed by atoms with van der Waals surface area (Å²) in [5.41, 5.74) is 5.27. The SMILES string of the molecule is C=C/C(CO[Si](C)(C)C(C)(C)C)=C(/C)C(O)CC(C(=C)C)=C(C)C. The molecule has 0 amide bonds. The Morgan fingerprint density at radius 3 is 2.00 bits per heavy atom. The molecule has 0 saturated heterocycles. The molecule has 2 nitrogen and oxygen atoms in total. The van der Waals surface area contributed by atoms with Gasteiger partial charge in [-0.25, -0.2) is 0 Å². The molecule has 0 aromatic heterocycles. The van der Waals surface area contributed by atoms with Crippen LogP contribution in [0.2, 0.25) is 18.1 Å². The monoisotopic (exact) mass is 350 g/mol. The Morgan fingerprint density at radius 2 is 1.67 bits per heavy atom. The lowest BCUT2D eigenvalue weighted by Crippen LogP contribution is -2.41. The summed E-state index contributed by atoms with van der Waals surface area (Å²) in [6.45, 7) is 27.7. The van der Waals surface area contributed by atoms with Crippen LogP contribution in [0.15, 0.2) is 47.1 Å². The molecule has 1 N–H and O–H groups in total. The van der Waals surface area contributed by atoms with Crippen molar-refractivity contribution in [2.45, 2.75) is 79.1 Å². The van der Waals surface area contributed by atoms with Crippen LogP contribution in [0, 0.1) is 0 Å². The van der Waals surface area contributed by atoms with E-state index in [0.717, 1.165) is 22.3 Å². The van der Waals surface area contributed by atoms with Crippen molar-refractivity contribution in [1.29, 1.82) is 0 Å². The third-order valence-electron chi connectivity index (χ3n) is 5.16. The summed E-state index contributed by atoms with van der Waals surface area (Å²) in [4.78, 5) is 0. The van der Waals surface area contributed by atoms with Gasteiger partial charge in [-0.2, -0.15) is 0 Å². The maximum atomic E-state index is 10.7. The van der Waals surface area contributed by atoms with E-state index >= 15 is 0 Å². The van der Waals surface area contributed by atoms with Crippen molar-refractivity contribution in [2.75, 3.05) is 6.61 Å². The van der Waals surface area contributed by atoms with Gasteiger partial charge in [0.05, 0.1) is 12.7 Å². The molecule has 0 aliphatic rings. The molecule has 24 heavy (non-hydrogen) atoms. The Morgan fingerprint density at radius 1 is 1.17 bits per heavy atom. The molecular weight excluding hydrogens is 312 g/mol. The van der Waals surface area contributed by atoms with Crippen molar-refractivity contribution in [1.82, 2.24) is 0 Å². The molecule has 0 aromatic rings. The van der Waals surface area contributed by atoms with Crippen molar-refractivity contribution < 1.29 is 9.53 Å². The lowest BCUT2D eigenvalue weighted by atomic mass is 9.93. The second-order valence-corrected chi connectivity index (χ2v) is 13.2. The molecule has 0 saturated carbocycles. The Kier molecular flexibility index (Phi) is 8.64. The van der Waals surface area contributed by atoms with Gasteiger partial charge in [0, 0.05) is 6.42 Å². The standard InChI is InChI=1S/C21H38O2Si/c1-12-18(14-23-24(10,11)21(7,8)9)17(6)20(22)13-19(15(2)3)16(4)5/h12,20,22H,1-2,13-14H2,3-11H3/b18-17+. The highest BCUT2D eigenvalue weighted by molar-refractivity contribution is 6.74. The molecule has 0 aliphatic carbocycles. The van der Waals surface area contributed by atoms with Crippen LogP contribution in [0.5, 0.6) is 0 Å². The molecule has 0 fully saturated rings. The third-order valence-corrected chi connectivity index (χ3v) is 9.64. The normalized spacial score (nSPS) is 14.8. The van der Waals surface area contributed by atoms with Crippen LogP contribution >= 0.6 is 0 Å². The van der Waals surface area contributed by atoms with Crippen molar-refractivity contribution in [3.8, 4) is 0 Å². The fourth-order valence-electron chi connectivity index (χ4n) is 2.17. The van der Waals surface area contributed by atoms with E-state index in [2.05, 4.69) is 60.9 Å². The molecular formula is C21H38O2Si. The molecule has 1 atom stereocenters. The molecule has 0 aliphatic heterocycles. The Balaban J connectivity index is 5.29. The number of allylic oxidation sites excluding steroid dienone is 2. The second-order valence-electron chi connectivity index (χ2n) is 8.44. The molecule has 0 rings (SSSR count). The summed E-state index contributed by atoms with van der Waals surface area (Å²) in [6.07, 6.45) is 1.86. The zero-order chi connectivity index (χ0) is 19.3. The van der Waals surface area contributed by atoms with Crippen molar-refractivity contribution >= 4 is 8.32 Å². The van der Waals surface area contributed by atoms with Crippen LogP contribution in [-0.4, -0.2) is 26.1 Å². The molecule has 3 heteroatoms. The van der Waals surface area contributed by atoms with Gasteiger partial charge in [0.2, 0.25) is 0 Å². The van der Waals surface area contributed by atoms with Gasteiger partial charge in [-0.15, -0.1) is 0 Å². The van der Waals surface area contributed by atoms with Gasteiger partial charge in [-0.1, -0.05) is 51.2 Å². The van der Waals surface area contributed by atoms with E-state index in [4.69, 9.17) is 4.43 Å². The van der Waals surface area contributed by atoms with E-state index in [9.17, 15) is 5.11 Å². The van der Waals surface area contributed by atoms with Crippen molar-refractivity contribution in [3.05, 3.63) is 47.1 Å². The van der Waals surface area contributed by atoms with Crippen LogP contribution in [0.3, 0.4) is 0 Å². The highest BCUT2D eigenvalue weighted by Crippen LogP contribution is 2.37. The Bertz CT molecular complexity index is 527. The van der Waals surface area contributed by atoms with Crippen LogP contribution in [-0.2, 0) is 4.43 Å². The van der Waals surface area contributed by atoms with E-state index in [-0.39, 0.29) is 5.04 Å². The fourth-order valence-corrected chi connectivity index (χ4v) is 3.12. The van der Waals surface area contributed by atoms with Gasteiger partial charge < -0.3 is 9.53 Å². The van der Waals surface area contributed by atoms with E-state index < -0.39 is 14.4 Å². The molecule has 0 heterocycles. The lowest BCUT2D eigenvalue weighted by molar-refractivity contribution is 0.208. The first-order valence-corrected chi connectivity index (χ1v) is 11.6. The zero-order valence-electron chi connectivity index (χ0n) is 17.3. The van der Waals surface area contributed by atoms with E-state index in [1.54, 1.807) is 0 Å².